The number of hydrazone groups is 1. The van der Waals surface area contributed by atoms with Gasteiger partial charge in [0, 0.05) is 10.2 Å². The quantitative estimate of drug-likeness (QED) is 0.613. The zero-order valence-electron chi connectivity index (χ0n) is 12.0. The van der Waals surface area contributed by atoms with Gasteiger partial charge < -0.3 is 10.1 Å². The molecule has 0 atom stereocenters. The van der Waals surface area contributed by atoms with Crippen LogP contribution in [-0.4, -0.2) is 25.8 Å². The van der Waals surface area contributed by atoms with Gasteiger partial charge in [-0.05, 0) is 54.1 Å². The number of methoxy groups -OCH3 is 1. The van der Waals surface area contributed by atoms with E-state index in [4.69, 9.17) is 4.74 Å². The number of carbonyl (C=O) groups is 1. The normalized spacial score (nSPS) is 10.5. The third-order valence-corrected chi connectivity index (χ3v) is 3.34. The van der Waals surface area contributed by atoms with Crippen molar-refractivity contribution in [3.63, 3.8) is 0 Å². The third kappa shape index (κ3) is 5.21. The first-order valence-electron chi connectivity index (χ1n) is 6.63. The van der Waals surface area contributed by atoms with Crippen LogP contribution in [0.2, 0.25) is 0 Å². The number of carbonyl (C=O) groups excluding carboxylic acids is 1. The van der Waals surface area contributed by atoms with Crippen LogP contribution in [0.15, 0.2) is 58.1 Å². The zero-order chi connectivity index (χ0) is 15.8. The van der Waals surface area contributed by atoms with Crippen LogP contribution in [0.5, 0.6) is 5.75 Å². The number of hydrogen-bond acceptors (Lipinski definition) is 4. The highest BCUT2D eigenvalue weighted by molar-refractivity contribution is 9.10. The number of halogens is 1. The van der Waals surface area contributed by atoms with Crippen molar-refractivity contribution in [2.24, 2.45) is 5.10 Å². The van der Waals surface area contributed by atoms with Gasteiger partial charge in [-0.15, -0.1) is 0 Å². The Hall–Kier alpha value is -2.34. The second-order valence-electron chi connectivity index (χ2n) is 4.43. The maximum absolute atomic E-state index is 11.7. The summed E-state index contributed by atoms with van der Waals surface area (Å²) >= 11 is 3.36. The summed E-state index contributed by atoms with van der Waals surface area (Å²) in [6.07, 6.45) is 1.58. The van der Waals surface area contributed by atoms with Crippen LogP contribution in [-0.2, 0) is 4.79 Å². The summed E-state index contributed by atoms with van der Waals surface area (Å²) in [5, 5.41) is 6.92. The minimum absolute atomic E-state index is 0.154. The van der Waals surface area contributed by atoms with E-state index in [1.807, 2.05) is 48.5 Å². The average molecular weight is 362 g/mol. The van der Waals surface area contributed by atoms with Gasteiger partial charge in [0.15, 0.2) is 0 Å². The van der Waals surface area contributed by atoms with E-state index in [9.17, 15) is 4.79 Å². The van der Waals surface area contributed by atoms with Gasteiger partial charge in [-0.1, -0.05) is 15.9 Å². The molecule has 0 aliphatic heterocycles. The van der Waals surface area contributed by atoms with Crippen molar-refractivity contribution in [2.75, 3.05) is 19.0 Å². The Morgan fingerprint density at radius 2 is 1.86 bits per heavy atom. The summed E-state index contributed by atoms with van der Waals surface area (Å²) in [6, 6.07) is 15.0. The van der Waals surface area contributed by atoms with Crippen molar-refractivity contribution in [2.45, 2.75) is 0 Å². The molecule has 2 rings (SSSR count). The van der Waals surface area contributed by atoms with E-state index in [0.29, 0.717) is 0 Å². The van der Waals surface area contributed by atoms with Gasteiger partial charge in [-0.3, -0.25) is 4.79 Å². The lowest BCUT2D eigenvalue weighted by Crippen LogP contribution is -2.25. The predicted molar refractivity (Wildman–Crippen MR) is 91.4 cm³/mol. The molecule has 22 heavy (non-hydrogen) atoms. The van der Waals surface area contributed by atoms with Crippen molar-refractivity contribution >= 4 is 33.7 Å². The molecule has 0 aromatic heterocycles. The summed E-state index contributed by atoms with van der Waals surface area (Å²) in [5.41, 5.74) is 4.22. The Labute approximate surface area is 137 Å². The molecule has 0 aliphatic carbocycles. The maximum Gasteiger partial charge on any atom is 0.259 e. The Kier molecular flexibility index (Phi) is 5.97. The average Bonchev–Trinajstić information content (AvgIpc) is 2.55. The van der Waals surface area contributed by atoms with Crippen molar-refractivity contribution in [1.29, 1.82) is 0 Å². The number of amides is 1. The highest BCUT2D eigenvalue weighted by Crippen LogP contribution is 2.13. The van der Waals surface area contributed by atoms with E-state index in [1.165, 1.54) is 0 Å². The molecule has 0 fully saturated rings. The number of nitrogens with zero attached hydrogens (tertiary/aromatic N) is 1. The van der Waals surface area contributed by atoms with Gasteiger partial charge in [0.05, 0.1) is 19.9 Å². The van der Waals surface area contributed by atoms with E-state index in [-0.39, 0.29) is 12.5 Å². The summed E-state index contributed by atoms with van der Waals surface area (Å²) in [4.78, 5) is 11.7. The monoisotopic (exact) mass is 361 g/mol. The first kappa shape index (κ1) is 16.0. The standard InChI is InChI=1S/C16H16BrN3O2/c1-22-15-8-2-12(3-9-15)10-19-20-16(21)11-18-14-6-4-13(17)5-7-14/h2-10,18H,11H2,1H3,(H,20,21)/b19-10+. The largest absolute Gasteiger partial charge is 0.497 e. The highest BCUT2D eigenvalue weighted by atomic mass is 79.9. The summed E-state index contributed by atoms with van der Waals surface area (Å²) in [7, 11) is 1.61. The Bertz CT molecular complexity index is 639. The van der Waals surface area contributed by atoms with Crippen molar-refractivity contribution in [3.8, 4) is 5.75 Å². The summed E-state index contributed by atoms with van der Waals surface area (Å²) < 4.78 is 6.06. The molecular weight excluding hydrogens is 346 g/mol. The minimum Gasteiger partial charge on any atom is -0.497 e. The number of ether oxygens (including phenoxy) is 1. The fraction of sp³-hybridized carbons (Fsp3) is 0.125. The number of benzene rings is 2. The lowest BCUT2D eigenvalue weighted by atomic mass is 10.2. The second-order valence-corrected chi connectivity index (χ2v) is 5.34. The molecule has 0 spiro atoms. The minimum atomic E-state index is -0.215. The molecule has 0 aliphatic rings. The lowest BCUT2D eigenvalue weighted by molar-refractivity contribution is -0.119. The van der Waals surface area contributed by atoms with Crippen LogP contribution in [0.25, 0.3) is 0 Å². The van der Waals surface area contributed by atoms with Crippen LogP contribution in [0, 0.1) is 0 Å². The Balaban J connectivity index is 1.76. The molecule has 0 saturated heterocycles. The smallest absolute Gasteiger partial charge is 0.259 e. The molecule has 0 heterocycles. The van der Waals surface area contributed by atoms with Crippen molar-refractivity contribution in [3.05, 3.63) is 58.6 Å². The van der Waals surface area contributed by atoms with Crippen LogP contribution in [0.1, 0.15) is 5.56 Å². The molecule has 1 amide bonds. The van der Waals surface area contributed by atoms with Crippen LogP contribution < -0.4 is 15.5 Å². The first-order chi connectivity index (χ1) is 10.7. The fourth-order valence-electron chi connectivity index (χ4n) is 1.66. The van der Waals surface area contributed by atoms with Crippen LogP contribution in [0.4, 0.5) is 5.69 Å². The molecule has 114 valence electrons. The molecule has 0 saturated carbocycles. The Morgan fingerprint density at radius 3 is 2.50 bits per heavy atom. The number of nitrogens with one attached hydrogen (secondary N) is 2. The molecule has 2 aromatic rings. The number of hydrogen-bond donors (Lipinski definition) is 2. The maximum atomic E-state index is 11.7. The number of rotatable bonds is 6. The van der Waals surface area contributed by atoms with Crippen LogP contribution >= 0.6 is 15.9 Å². The molecule has 5 nitrogen and oxygen atoms in total. The topological polar surface area (TPSA) is 62.7 Å². The highest BCUT2D eigenvalue weighted by Gasteiger charge is 1.99. The number of anilines is 1. The predicted octanol–water partition coefficient (Wildman–Crippen LogP) is 3.02. The fourth-order valence-corrected chi connectivity index (χ4v) is 1.92. The van der Waals surface area contributed by atoms with Gasteiger partial charge in [-0.2, -0.15) is 5.10 Å². The van der Waals surface area contributed by atoms with Gasteiger partial charge in [0.25, 0.3) is 5.91 Å². The zero-order valence-corrected chi connectivity index (χ0v) is 13.6. The molecule has 6 heteroatoms. The second kappa shape index (κ2) is 8.19. The summed E-state index contributed by atoms with van der Waals surface area (Å²) in [6.45, 7) is 0.154. The van der Waals surface area contributed by atoms with Gasteiger partial charge in [-0.25, -0.2) is 5.43 Å². The van der Waals surface area contributed by atoms with E-state index in [1.54, 1.807) is 13.3 Å². The molecular formula is C16H16BrN3O2. The molecule has 2 aromatic carbocycles. The molecule has 0 unspecified atom stereocenters. The Morgan fingerprint density at radius 1 is 1.18 bits per heavy atom. The van der Waals surface area contributed by atoms with Crippen LogP contribution in [0.3, 0.4) is 0 Å². The van der Waals surface area contributed by atoms with Gasteiger partial charge >= 0.3 is 0 Å². The first-order valence-corrected chi connectivity index (χ1v) is 7.42. The van der Waals surface area contributed by atoms with E-state index in [2.05, 4.69) is 31.8 Å². The van der Waals surface area contributed by atoms with E-state index in [0.717, 1.165) is 21.5 Å². The van der Waals surface area contributed by atoms with E-state index >= 15 is 0 Å². The SMILES string of the molecule is COc1ccc(/C=N/NC(=O)CNc2ccc(Br)cc2)cc1. The molecule has 0 radical (unpaired) electrons. The summed E-state index contributed by atoms with van der Waals surface area (Å²) in [5.74, 6) is 0.563. The molecule has 2 N–H and O–H groups in total. The van der Waals surface area contributed by atoms with Crippen molar-refractivity contribution < 1.29 is 9.53 Å². The van der Waals surface area contributed by atoms with Crippen molar-refractivity contribution in [1.82, 2.24) is 5.43 Å². The van der Waals surface area contributed by atoms with Gasteiger partial charge in [0.1, 0.15) is 5.75 Å². The lowest BCUT2D eigenvalue weighted by Gasteiger charge is -2.05. The third-order valence-electron chi connectivity index (χ3n) is 2.82. The van der Waals surface area contributed by atoms with Gasteiger partial charge in [0.2, 0.25) is 0 Å². The van der Waals surface area contributed by atoms with E-state index < -0.39 is 0 Å². The molecule has 0 bridgehead atoms.